The second kappa shape index (κ2) is 10.9. The highest BCUT2D eigenvalue weighted by Crippen LogP contribution is 2.37. The number of alkyl halides is 3. The van der Waals surface area contributed by atoms with Gasteiger partial charge >= 0.3 is 18.2 Å². The van der Waals surface area contributed by atoms with E-state index in [1.54, 1.807) is 31.2 Å². The molecule has 0 fully saturated rings. The summed E-state index contributed by atoms with van der Waals surface area (Å²) in [6.45, 7) is 1.61. The molecule has 4 aromatic rings. The van der Waals surface area contributed by atoms with E-state index in [9.17, 15) is 22.8 Å². The van der Waals surface area contributed by atoms with Crippen LogP contribution in [0.2, 0.25) is 5.02 Å². The zero-order valence-electron chi connectivity index (χ0n) is 21.3. The first-order valence-corrected chi connectivity index (χ1v) is 12.3. The number of fused-ring (bicyclic) bond motifs is 1. The smallest absolute Gasteiger partial charge is 0.420 e. The minimum absolute atomic E-state index is 0.00426. The summed E-state index contributed by atoms with van der Waals surface area (Å²) in [7, 11) is 1.23. The number of amides is 1. The number of para-hydroxylation sites is 1. The van der Waals surface area contributed by atoms with Crippen molar-refractivity contribution >= 4 is 52.4 Å². The predicted molar refractivity (Wildman–Crippen MR) is 144 cm³/mol. The summed E-state index contributed by atoms with van der Waals surface area (Å²) in [4.78, 5) is 38.2. The first-order chi connectivity index (χ1) is 19.5. The van der Waals surface area contributed by atoms with Crippen molar-refractivity contribution in [2.75, 3.05) is 17.7 Å². The minimum atomic E-state index is -4.64. The second-order valence-corrected chi connectivity index (χ2v) is 9.14. The molecule has 0 aliphatic carbocycles. The van der Waals surface area contributed by atoms with Crippen molar-refractivity contribution in [1.82, 2.24) is 15.3 Å². The number of guanidine groups is 1. The minimum Gasteiger partial charge on any atom is -0.465 e. The van der Waals surface area contributed by atoms with Gasteiger partial charge in [-0.3, -0.25) is 10.1 Å². The molecular weight excluding hydrogens is 565 g/mol. The number of halogens is 4. The van der Waals surface area contributed by atoms with Crippen LogP contribution >= 0.6 is 11.6 Å². The highest BCUT2D eigenvalue weighted by molar-refractivity contribution is 6.31. The van der Waals surface area contributed by atoms with Gasteiger partial charge in [0.05, 0.1) is 18.2 Å². The number of hydrogen-bond donors (Lipinski definition) is 3. The van der Waals surface area contributed by atoms with Crippen molar-refractivity contribution < 1.29 is 31.9 Å². The number of aliphatic imine (C=N–C) groups is 1. The molecule has 0 spiro atoms. The number of rotatable bonds is 5. The van der Waals surface area contributed by atoms with Gasteiger partial charge < -0.3 is 19.8 Å². The Morgan fingerprint density at radius 2 is 1.90 bits per heavy atom. The third-order valence-corrected chi connectivity index (χ3v) is 6.40. The first kappa shape index (κ1) is 27.6. The molecule has 41 heavy (non-hydrogen) atoms. The van der Waals surface area contributed by atoms with Gasteiger partial charge in [-0.05, 0) is 37.3 Å². The van der Waals surface area contributed by atoms with E-state index in [0.29, 0.717) is 16.3 Å². The Morgan fingerprint density at radius 1 is 1.12 bits per heavy atom. The van der Waals surface area contributed by atoms with Crippen LogP contribution in [0.4, 0.5) is 25.0 Å². The monoisotopic (exact) mass is 584 g/mol. The van der Waals surface area contributed by atoms with E-state index in [-0.39, 0.29) is 34.4 Å². The van der Waals surface area contributed by atoms with Crippen LogP contribution < -0.4 is 16.0 Å². The van der Waals surface area contributed by atoms with Crippen molar-refractivity contribution in [1.29, 1.82) is 0 Å². The third kappa shape index (κ3) is 5.70. The Labute approximate surface area is 235 Å². The van der Waals surface area contributed by atoms with E-state index in [0.717, 1.165) is 6.07 Å². The number of carbonyl (C=O) groups is 2. The summed E-state index contributed by atoms with van der Waals surface area (Å²) in [5.41, 5.74) is -0.224. The molecule has 14 heteroatoms. The molecule has 210 valence electrons. The average Bonchev–Trinajstić information content (AvgIpc) is 3.34. The van der Waals surface area contributed by atoms with Crippen LogP contribution in [0.5, 0.6) is 0 Å². The fourth-order valence-corrected chi connectivity index (χ4v) is 4.45. The maximum Gasteiger partial charge on any atom is 0.420 e. The van der Waals surface area contributed by atoms with Gasteiger partial charge in [0, 0.05) is 22.5 Å². The average molecular weight is 585 g/mol. The molecule has 1 amide bonds. The molecule has 2 aromatic carbocycles. The number of oxazole rings is 1. The van der Waals surface area contributed by atoms with Gasteiger partial charge in [0.2, 0.25) is 5.96 Å². The van der Waals surface area contributed by atoms with Gasteiger partial charge in [0.15, 0.2) is 5.58 Å². The second-order valence-electron chi connectivity index (χ2n) is 8.74. The summed E-state index contributed by atoms with van der Waals surface area (Å²) in [6.07, 6.45) is -3.29. The zero-order chi connectivity index (χ0) is 29.3. The quantitative estimate of drug-likeness (QED) is 0.254. The fraction of sp³-hybridized carbons (Fsp3) is 0.148. The molecule has 1 aliphatic rings. The van der Waals surface area contributed by atoms with Crippen LogP contribution in [0, 0.1) is 0 Å². The van der Waals surface area contributed by atoms with Gasteiger partial charge in [0.1, 0.15) is 22.9 Å². The van der Waals surface area contributed by atoms with E-state index in [1.165, 1.54) is 37.6 Å². The number of carbonyl (C=O) groups excluding carboxylic acids is 2. The Bertz CT molecular complexity index is 1730. The molecular formula is C27H20ClF3N6O4. The molecule has 1 atom stereocenters. The summed E-state index contributed by atoms with van der Waals surface area (Å²) < 4.78 is 50.4. The number of nitrogens with one attached hydrogen (secondary N) is 3. The summed E-state index contributed by atoms with van der Waals surface area (Å²) in [6, 6.07) is 11.9. The van der Waals surface area contributed by atoms with Crippen LogP contribution in [-0.4, -0.2) is 34.9 Å². The number of nitrogens with zero attached hydrogens (tertiary/aromatic N) is 3. The predicted octanol–water partition coefficient (Wildman–Crippen LogP) is 5.71. The molecule has 2 aromatic heterocycles. The molecule has 3 N–H and O–H groups in total. The Morgan fingerprint density at radius 3 is 2.63 bits per heavy atom. The molecule has 0 saturated heterocycles. The maximum absolute atomic E-state index is 13.5. The lowest BCUT2D eigenvalue weighted by atomic mass is 9.95. The number of esters is 1. The molecule has 0 saturated carbocycles. The molecule has 0 radical (unpaired) electrons. The molecule has 1 unspecified atom stereocenters. The van der Waals surface area contributed by atoms with E-state index in [2.05, 4.69) is 30.9 Å². The lowest BCUT2D eigenvalue weighted by molar-refractivity contribution is -0.136. The van der Waals surface area contributed by atoms with Gasteiger partial charge in [-0.15, -0.1) is 0 Å². The highest BCUT2D eigenvalue weighted by Gasteiger charge is 2.35. The van der Waals surface area contributed by atoms with Gasteiger partial charge in [0.25, 0.3) is 5.91 Å². The van der Waals surface area contributed by atoms with Crippen molar-refractivity contribution in [3.05, 3.63) is 93.8 Å². The lowest BCUT2D eigenvalue weighted by Crippen LogP contribution is -2.37. The van der Waals surface area contributed by atoms with E-state index in [4.69, 9.17) is 20.8 Å². The largest absolute Gasteiger partial charge is 0.465 e. The topological polar surface area (TPSA) is 131 Å². The van der Waals surface area contributed by atoms with Gasteiger partial charge in [-0.25, -0.2) is 14.8 Å². The summed E-state index contributed by atoms with van der Waals surface area (Å²) >= 11 is 6.46. The summed E-state index contributed by atoms with van der Waals surface area (Å²) in [5, 5.41) is 8.66. The fourth-order valence-electron chi connectivity index (χ4n) is 4.21. The third-order valence-electron chi connectivity index (χ3n) is 6.05. The van der Waals surface area contributed by atoms with E-state index in [1.807, 2.05) is 0 Å². The number of pyridine rings is 1. The van der Waals surface area contributed by atoms with Crippen LogP contribution in [0.3, 0.4) is 0 Å². The van der Waals surface area contributed by atoms with Crippen LogP contribution in [0.15, 0.2) is 81.5 Å². The summed E-state index contributed by atoms with van der Waals surface area (Å²) in [5.74, 6) is -1.05. The van der Waals surface area contributed by atoms with Crippen molar-refractivity contribution in [3.8, 4) is 0 Å². The van der Waals surface area contributed by atoms with Gasteiger partial charge in [-0.1, -0.05) is 35.9 Å². The molecule has 3 heterocycles. The normalized spacial score (nSPS) is 15.3. The SMILES string of the molecule is COC(=O)c1ccnc(NC(=O)C2=C(C)NC(Nc3nc4cccc(C(F)(F)F)c4o3)=NC2c2ccccc2Cl)c1. The van der Waals surface area contributed by atoms with Crippen LogP contribution in [0.25, 0.3) is 11.1 Å². The van der Waals surface area contributed by atoms with Crippen LogP contribution in [-0.2, 0) is 15.7 Å². The van der Waals surface area contributed by atoms with Gasteiger partial charge in [-0.2, -0.15) is 18.2 Å². The molecule has 5 rings (SSSR count). The van der Waals surface area contributed by atoms with E-state index < -0.39 is 35.2 Å². The highest BCUT2D eigenvalue weighted by atomic mass is 35.5. The number of allylic oxidation sites excluding steroid dienone is 1. The van der Waals surface area contributed by atoms with Crippen molar-refractivity contribution in [2.24, 2.45) is 4.99 Å². The number of methoxy groups -OCH3 is 1. The molecule has 0 bridgehead atoms. The maximum atomic E-state index is 13.5. The number of aromatic nitrogens is 2. The number of ether oxygens (including phenoxy) is 1. The Balaban J connectivity index is 1.48. The van der Waals surface area contributed by atoms with Crippen molar-refractivity contribution in [2.45, 2.75) is 19.1 Å². The zero-order valence-corrected chi connectivity index (χ0v) is 22.1. The molecule has 10 nitrogen and oxygen atoms in total. The standard InChI is InChI=1S/C27H20ClF3N6O4/c1-13-20(23(38)35-19-12-14(10-11-32-19)24(39)40-2)21(15-6-3-4-8-17(15)28)36-25(33-13)37-26-34-18-9-5-7-16(22(18)41-26)27(29,30)31/h3-12,21H,1-2H3,(H,32,35,38)(H2,33,34,36,37). The Kier molecular flexibility index (Phi) is 7.37. The van der Waals surface area contributed by atoms with E-state index >= 15 is 0 Å². The lowest BCUT2D eigenvalue weighted by Gasteiger charge is -2.26. The number of benzene rings is 2. The Hall–Kier alpha value is -4.91. The molecule has 1 aliphatic heterocycles. The first-order valence-electron chi connectivity index (χ1n) is 11.9. The van der Waals surface area contributed by atoms with Crippen molar-refractivity contribution in [3.63, 3.8) is 0 Å². The van der Waals surface area contributed by atoms with Crippen LogP contribution in [0.1, 0.15) is 34.5 Å². The number of anilines is 2. The number of hydrogen-bond acceptors (Lipinski definition) is 9.